The number of carbonyl (C=O) groups is 1. The van der Waals surface area contributed by atoms with Crippen molar-refractivity contribution in [3.63, 3.8) is 0 Å². The summed E-state index contributed by atoms with van der Waals surface area (Å²) in [5.74, 6) is -0.397. The molecule has 3 heterocycles. The molecule has 0 saturated carbocycles. The van der Waals surface area contributed by atoms with Crippen LogP contribution >= 0.6 is 22.9 Å². The molecule has 0 aliphatic rings. The molecule has 1 aromatic carbocycles. The number of rotatable bonds is 5. The van der Waals surface area contributed by atoms with Crippen molar-refractivity contribution in [2.24, 2.45) is 0 Å². The molecule has 9 heteroatoms. The number of aromatic nitrogens is 4. The molecule has 0 aliphatic carbocycles. The highest BCUT2D eigenvalue weighted by Gasteiger charge is 2.12. The van der Waals surface area contributed by atoms with Gasteiger partial charge in [-0.1, -0.05) is 29.8 Å². The van der Waals surface area contributed by atoms with E-state index in [0.29, 0.717) is 21.4 Å². The van der Waals surface area contributed by atoms with Crippen LogP contribution in [0.5, 0.6) is 0 Å². The van der Waals surface area contributed by atoms with Crippen LogP contribution in [0.3, 0.4) is 0 Å². The summed E-state index contributed by atoms with van der Waals surface area (Å²) in [6, 6.07) is 13.8. The number of anilines is 1. The van der Waals surface area contributed by atoms with Gasteiger partial charge in [-0.25, -0.2) is 9.67 Å². The standard InChI is InChI=1S/C20H14ClN5O2S/c21-15-4-2-1-3-14(15)16-5-6-19(28)26(25-16)11-18(27)24-20-23-17(12-29-20)13-7-9-22-10-8-13/h1-10,12H,11H2,(H,23,24,27). The zero-order chi connectivity index (χ0) is 20.2. The van der Waals surface area contributed by atoms with Gasteiger partial charge in [-0.3, -0.25) is 14.6 Å². The summed E-state index contributed by atoms with van der Waals surface area (Å²) in [5.41, 5.74) is 2.46. The highest BCUT2D eigenvalue weighted by Crippen LogP contribution is 2.25. The molecular formula is C20H14ClN5O2S. The van der Waals surface area contributed by atoms with Crippen LogP contribution < -0.4 is 10.9 Å². The van der Waals surface area contributed by atoms with Gasteiger partial charge < -0.3 is 5.32 Å². The van der Waals surface area contributed by atoms with E-state index in [-0.39, 0.29) is 12.1 Å². The van der Waals surface area contributed by atoms with E-state index >= 15 is 0 Å². The number of amides is 1. The van der Waals surface area contributed by atoms with Crippen LogP contribution in [-0.4, -0.2) is 25.7 Å². The average molecular weight is 424 g/mol. The fraction of sp³-hybridized carbons (Fsp3) is 0.0500. The molecule has 3 aromatic heterocycles. The van der Waals surface area contributed by atoms with Crippen LogP contribution in [-0.2, 0) is 11.3 Å². The molecule has 1 amide bonds. The SMILES string of the molecule is O=C(Cn1nc(-c2ccccc2Cl)ccc1=O)Nc1nc(-c2ccncc2)cs1. The average Bonchev–Trinajstić information content (AvgIpc) is 3.19. The lowest BCUT2D eigenvalue weighted by atomic mass is 10.1. The number of pyridine rings is 1. The summed E-state index contributed by atoms with van der Waals surface area (Å²) in [7, 11) is 0. The Morgan fingerprint density at radius 2 is 1.86 bits per heavy atom. The van der Waals surface area contributed by atoms with E-state index in [9.17, 15) is 9.59 Å². The van der Waals surface area contributed by atoms with Gasteiger partial charge in [0, 0.05) is 35.0 Å². The lowest BCUT2D eigenvalue weighted by Crippen LogP contribution is -2.29. The molecule has 0 aliphatic heterocycles. The van der Waals surface area contributed by atoms with Gasteiger partial charge in [-0.15, -0.1) is 11.3 Å². The fourth-order valence-corrected chi connectivity index (χ4v) is 3.62. The Labute approximate surface area is 174 Å². The zero-order valence-electron chi connectivity index (χ0n) is 14.9. The lowest BCUT2D eigenvalue weighted by Gasteiger charge is -2.08. The Balaban J connectivity index is 1.50. The third-order valence-electron chi connectivity index (χ3n) is 4.04. The van der Waals surface area contributed by atoms with Gasteiger partial charge in [0.2, 0.25) is 5.91 Å². The van der Waals surface area contributed by atoms with E-state index in [0.717, 1.165) is 15.9 Å². The van der Waals surface area contributed by atoms with Gasteiger partial charge in [0.25, 0.3) is 5.56 Å². The molecule has 0 atom stereocenters. The number of thiazole rings is 1. The molecule has 4 aromatic rings. The van der Waals surface area contributed by atoms with Gasteiger partial charge in [0.05, 0.1) is 16.4 Å². The van der Waals surface area contributed by atoms with Crippen molar-refractivity contribution in [2.75, 3.05) is 5.32 Å². The van der Waals surface area contributed by atoms with Crippen molar-refractivity contribution < 1.29 is 4.79 Å². The van der Waals surface area contributed by atoms with Gasteiger partial charge in [-0.05, 0) is 24.3 Å². The summed E-state index contributed by atoms with van der Waals surface area (Å²) in [4.78, 5) is 32.9. The number of benzene rings is 1. The van der Waals surface area contributed by atoms with Crippen LogP contribution in [0.2, 0.25) is 5.02 Å². The number of hydrogen-bond donors (Lipinski definition) is 1. The summed E-state index contributed by atoms with van der Waals surface area (Å²) in [6.45, 7) is -0.235. The third-order valence-corrected chi connectivity index (χ3v) is 5.12. The lowest BCUT2D eigenvalue weighted by molar-refractivity contribution is -0.117. The molecule has 4 rings (SSSR count). The van der Waals surface area contributed by atoms with Crippen molar-refractivity contribution in [1.29, 1.82) is 0 Å². The van der Waals surface area contributed by atoms with Gasteiger partial charge in [0.15, 0.2) is 5.13 Å². The number of nitrogens with zero attached hydrogens (tertiary/aromatic N) is 4. The Morgan fingerprint density at radius 1 is 1.07 bits per heavy atom. The van der Waals surface area contributed by atoms with Gasteiger partial charge in [0.1, 0.15) is 6.54 Å². The molecule has 0 bridgehead atoms. The molecule has 0 radical (unpaired) electrons. The van der Waals surface area contributed by atoms with E-state index in [1.54, 1.807) is 30.6 Å². The van der Waals surface area contributed by atoms with Crippen LogP contribution in [0.25, 0.3) is 22.5 Å². The molecule has 0 saturated heterocycles. The monoisotopic (exact) mass is 423 g/mol. The molecule has 0 spiro atoms. The first kappa shape index (κ1) is 19.0. The second-order valence-electron chi connectivity index (χ2n) is 6.02. The van der Waals surface area contributed by atoms with Gasteiger partial charge in [-0.2, -0.15) is 5.10 Å². The fourth-order valence-electron chi connectivity index (χ4n) is 2.66. The number of nitrogens with one attached hydrogen (secondary N) is 1. The minimum absolute atomic E-state index is 0.235. The van der Waals surface area contributed by atoms with Crippen LogP contribution in [0.15, 0.2) is 71.1 Å². The van der Waals surface area contributed by atoms with Gasteiger partial charge >= 0.3 is 0 Å². The van der Waals surface area contributed by atoms with Crippen LogP contribution in [0.4, 0.5) is 5.13 Å². The first-order chi connectivity index (χ1) is 14.1. The first-order valence-corrected chi connectivity index (χ1v) is 9.85. The van der Waals surface area contributed by atoms with Crippen molar-refractivity contribution in [1.82, 2.24) is 19.7 Å². The Kier molecular flexibility index (Phi) is 5.46. The summed E-state index contributed by atoms with van der Waals surface area (Å²) >= 11 is 7.50. The van der Waals surface area contributed by atoms with E-state index in [1.165, 1.54) is 17.4 Å². The molecule has 0 unspecified atom stereocenters. The maximum atomic E-state index is 12.4. The second-order valence-corrected chi connectivity index (χ2v) is 7.28. The number of hydrogen-bond acceptors (Lipinski definition) is 6. The van der Waals surface area contributed by atoms with Crippen LogP contribution in [0.1, 0.15) is 0 Å². The molecular weight excluding hydrogens is 410 g/mol. The minimum atomic E-state index is -0.397. The number of carbonyl (C=O) groups excluding carboxylic acids is 1. The topological polar surface area (TPSA) is 89.8 Å². The molecule has 0 fully saturated rings. The largest absolute Gasteiger partial charge is 0.300 e. The quantitative estimate of drug-likeness (QED) is 0.528. The van der Waals surface area contributed by atoms with Crippen molar-refractivity contribution in [2.45, 2.75) is 6.54 Å². The van der Waals surface area contributed by atoms with E-state index in [2.05, 4.69) is 20.4 Å². The Morgan fingerprint density at radius 3 is 2.66 bits per heavy atom. The Bertz CT molecular complexity index is 1220. The molecule has 1 N–H and O–H groups in total. The van der Waals surface area contributed by atoms with E-state index < -0.39 is 5.91 Å². The summed E-state index contributed by atoms with van der Waals surface area (Å²) in [5, 5.41) is 9.78. The Hall–Kier alpha value is -3.36. The van der Waals surface area contributed by atoms with Crippen LogP contribution in [0, 0.1) is 0 Å². The summed E-state index contributed by atoms with van der Waals surface area (Å²) in [6.07, 6.45) is 3.36. The van der Waals surface area contributed by atoms with Crippen molar-refractivity contribution in [3.8, 4) is 22.5 Å². The van der Waals surface area contributed by atoms with E-state index in [1.807, 2.05) is 29.6 Å². The molecule has 144 valence electrons. The second kappa shape index (κ2) is 8.34. The maximum Gasteiger partial charge on any atom is 0.267 e. The van der Waals surface area contributed by atoms with Crippen molar-refractivity contribution >= 4 is 34.0 Å². The summed E-state index contributed by atoms with van der Waals surface area (Å²) < 4.78 is 1.10. The maximum absolute atomic E-state index is 12.4. The predicted octanol–water partition coefficient (Wildman–Crippen LogP) is 3.72. The molecule has 7 nitrogen and oxygen atoms in total. The van der Waals surface area contributed by atoms with Crippen molar-refractivity contribution in [3.05, 3.63) is 81.7 Å². The minimum Gasteiger partial charge on any atom is -0.300 e. The third kappa shape index (κ3) is 4.39. The first-order valence-electron chi connectivity index (χ1n) is 8.59. The number of halogens is 1. The normalized spacial score (nSPS) is 10.7. The van der Waals surface area contributed by atoms with E-state index in [4.69, 9.17) is 11.6 Å². The molecule has 29 heavy (non-hydrogen) atoms. The highest BCUT2D eigenvalue weighted by molar-refractivity contribution is 7.14. The smallest absolute Gasteiger partial charge is 0.267 e. The zero-order valence-corrected chi connectivity index (χ0v) is 16.5. The highest BCUT2D eigenvalue weighted by atomic mass is 35.5. The predicted molar refractivity (Wildman–Crippen MR) is 113 cm³/mol.